The predicted octanol–water partition coefficient (Wildman–Crippen LogP) is 9.77. The molecular formula is C53H51FO11. The van der Waals surface area contributed by atoms with Crippen LogP contribution in [-0.4, -0.2) is 64.8 Å². The average Bonchev–Trinajstić information content (AvgIpc) is 3.32. The van der Waals surface area contributed by atoms with Crippen molar-refractivity contribution in [1.29, 1.82) is 0 Å². The van der Waals surface area contributed by atoms with Gasteiger partial charge in [-0.2, -0.15) is 0 Å². The minimum absolute atomic E-state index is 0.0173. The molecule has 0 aliphatic carbocycles. The number of Topliss-reactive ketones (excluding diaryl/α,β-unsaturated/α-hetero) is 3. The molecular weight excluding hydrogens is 832 g/mol. The summed E-state index contributed by atoms with van der Waals surface area (Å²) >= 11 is 0. The molecule has 0 saturated heterocycles. The molecule has 0 fully saturated rings. The normalized spacial score (nSPS) is 11.7. The number of halogens is 1. The monoisotopic (exact) mass is 882 g/mol. The van der Waals surface area contributed by atoms with Crippen LogP contribution in [0.2, 0.25) is 0 Å². The van der Waals surface area contributed by atoms with Gasteiger partial charge in [-0.3, -0.25) is 28.8 Å². The number of carbonyl (C=O) groups excluding carboxylic acids is 3. The Kier molecular flexibility index (Phi) is 20.0. The van der Waals surface area contributed by atoms with Crippen LogP contribution in [0.15, 0.2) is 164 Å². The number of carbonyl (C=O) groups is 6. The van der Waals surface area contributed by atoms with Crippen molar-refractivity contribution in [1.82, 2.24) is 0 Å². The highest BCUT2D eigenvalue weighted by molar-refractivity contribution is 5.99. The zero-order valence-corrected chi connectivity index (χ0v) is 36.0. The SMILES string of the molecule is COc1ccc(C(=O)CC(Cc2ccccc2)C(=O)O)cc1.COc1ccc(C(=O)CC(Cc2ccccc2)C(=O)O)cc1.O=C(CC(Cc1ccccc1)C(=O)O)c1ccc(F)cc1. The third-order valence-corrected chi connectivity index (χ3v) is 10.3. The first-order valence-corrected chi connectivity index (χ1v) is 20.7. The van der Waals surface area contributed by atoms with E-state index in [1.807, 2.05) is 91.0 Å². The smallest absolute Gasteiger partial charge is 0.307 e. The second-order valence-electron chi connectivity index (χ2n) is 15.0. The fourth-order valence-corrected chi connectivity index (χ4v) is 6.65. The van der Waals surface area contributed by atoms with Crippen LogP contribution in [0.5, 0.6) is 11.5 Å². The fraction of sp³-hybridized carbons (Fsp3) is 0.208. The van der Waals surface area contributed by atoms with Crippen molar-refractivity contribution in [2.24, 2.45) is 17.8 Å². The minimum Gasteiger partial charge on any atom is -0.497 e. The van der Waals surface area contributed by atoms with E-state index < -0.39 is 41.5 Å². The lowest BCUT2D eigenvalue weighted by molar-refractivity contribution is -0.142. The van der Waals surface area contributed by atoms with Crippen molar-refractivity contribution in [3.63, 3.8) is 0 Å². The predicted molar refractivity (Wildman–Crippen MR) is 243 cm³/mol. The molecule has 65 heavy (non-hydrogen) atoms. The first-order chi connectivity index (χ1) is 31.3. The summed E-state index contributed by atoms with van der Waals surface area (Å²) in [6.45, 7) is 0. The molecule has 6 aromatic rings. The van der Waals surface area contributed by atoms with Gasteiger partial charge in [-0.05, 0) is 109 Å². The van der Waals surface area contributed by atoms with E-state index in [9.17, 15) is 48.5 Å². The molecule has 0 heterocycles. The lowest BCUT2D eigenvalue weighted by atomic mass is 9.92. The van der Waals surface area contributed by atoms with Crippen LogP contribution < -0.4 is 9.47 Å². The number of carboxylic acid groups (broad SMARTS) is 3. The lowest BCUT2D eigenvalue weighted by Gasteiger charge is -2.12. The molecule has 0 spiro atoms. The van der Waals surface area contributed by atoms with E-state index in [4.69, 9.17) is 9.47 Å². The molecule has 3 unspecified atom stereocenters. The maximum Gasteiger partial charge on any atom is 0.307 e. The van der Waals surface area contributed by atoms with E-state index in [0.717, 1.165) is 16.7 Å². The molecule has 0 bridgehead atoms. The largest absolute Gasteiger partial charge is 0.497 e. The maximum atomic E-state index is 12.8. The molecule has 336 valence electrons. The molecule has 3 atom stereocenters. The Morgan fingerprint density at radius 2 is 0.646 bits per heavy atom. The van der Waals surface area contributed by atoms with Crippen molar-refractivity contribution in [2.75, 3.05) is 14.2 Å². The summed E-state index contributed by atoms with van der Waals surface area (Å²) in [4.78, 5) is 70.7. The van der Waals surface area contributed by atoms with Gasteiger partial charge in [0.05, 0.1) is 32.0 Å². The summed E-state index contributed by atoms with van der Waals surface area (Å²) in [5.41, 5.74) is 4.03. The van der Waals surface area contributed by atoms with Gasteiger partial charge < -0.3 is 24.8 Å². The highest BCUT2D eigenvalue weighted by Gasteiger charge is 2.25. The van der Waals surface area contributed by atoms with Crippen LogP contribution >= 0.6 is 0 Å². The number of aliphatic carboxylic acids is 3. The van der Waals surface area contributed by atoms with Crippen molar-refractivity contribution < 1.29 is 58.0 Å². The Morgan fingerprint density at radius 3 is 0.877 bits per heavy atom. The molecule has 6 rings (SSSR count). The van der Waals surface area contributed by atoms with Crippen LogP contribution in [0.25, 0.3) is 0 Å². The van der Waals surface area contributed by atoms with Crippen molar-refractivity contribution in [2.45, 2.75) is 38.5 Å². The summed E-state index contributed by atoms with van der Waals surface area (Å²) in [5.74, 6) is -4.89. The number of methoxy groups -OCH3 is 2. The van der Waals surface area contributed by atoms with Crippen molar-refractivity contribution >= 4 is 35.3 Å². The molecule has 3 N–H and O–H groups in total. The number of rotatable bonds is 20. The molecule has 0 saturated carbocycles. The van der Waals surface area contributed by atoms with E-state index in [0.29, 0.717) is 47.5 Å². The van der Waals surface area contributed by atoms with Crippen molar-refractivity contribution in [3.05, 3.63) is 203 Å². The first-order valence-electron chi connectivity index (χ1n) is 20.7. The fourth-order valence-electron chi connectivity index (χ4n) is 6.65. The second kappa shape index (κ2) is 26.0. The van der Waals surface area contributed by atoms with Gasteiger partial charge >= 0.3 is 17.9 Å². The van der Waals surface area contributed by atoms with Gasteiger partial charge in [0, 0.05) is 36.0 Å². The highest BCUT2D eigenvalue weighted by atomic mass is 19.1. The third kappa shape index (κ3) is 17.2. The number of hydrogen-bond donors (Lipinski definition) is 3. The summed E-state index contributed by atoms with van der Waals surface area (Å²) in [6.07, 6.45) is 0.849. The number of ether oxygens (including phenoxy) is 2. The average molecular weight is 883 g/mol. The van der Waals surface area contributed by atoms with E-state index in [-0.39, 0.29) is 36.6 Å². The zero-order chi connectivity index (χ0) is 47.1. The van der Waals surface area contributed by atoms with E-state index >= 15 is 0 Å². The first kappa shape index (κ1) is 49.9. The Balaban J connectivity index is 0.000000213. The molecule has 0 aliphatic rings. The molecule has 0 amide bonds. The van der Waals surface area contributed by atoms with Gasteiger partial charge in [-0.25, -0.2) is 4.39 Å². The summed E-state index contributed by atoms with van der Waals surface area (Å²) in [5, 5.41) is 27.9. The third-order valence-electron chi connectivity index (χ3n) is 10.3. The lowest BCUT2D eigenvalue weighted by Crippen LogP contribution is -2.20. The second-order valence-corrected chi connectivity index (χ2v) is 15.0. The summed E-state index contributed by atoms with van der Waals surface area (Å²) in [7, 11) is 3.11. The maximum absolute atomic E-state index is 12.8. The molecule has 0 aliphatic heterocycles. The minimum atomic E-state index is -1.01. The standard InChI is InChI=1S/2C18H18O4.C17H15FO3/c2*1-22-16-9-7-14(8-10-16)17(19)12-15(18(20)21)11-13-5-3-2-4-6-13;18-15-8-6-13(7-9-15)16(19)11-14(17(20)21)10-12-4-2-1-3-5-12/h2*2-10,15H,11-12H2,1H3,(H,20,21);1-9,14H,10-11H2,(H,20,21). The molecule has 0 aromatic heterocycles. The van der Waals surface area contributed by atoms with Crippen LogP contribution in [0.1, 0.15) is 67.0 Å². The van der Waals surface area contributed by atoms with E-state index in [1.54, 1.807) is 62.8 Å². The van der Waals surface area contributed by atoms with Crippen LogP contribution in [0.4, 0.5) is 4.39 Å². The van der Waals surface area contributed by atoms with Crippen LogP contribution in [0.3, 0.4) is 0 Å². The number of ketones is 3. The van der Waals surface area contributed by atoms with Crippen LogP contribution in [0, 0.1) is 23.6 Å². The summed E-state index contributed by atoms with van der Waals surface area (Å²) < 4.78 is 22.9. The quantitative estimate of drug-likeness (QED) is 0.0621. The summed E-state index contributed by atoms with van der Waals surface area (Å²) in [6, 6.07) is 46.4. The van der Waals surface area contributed by atoms with E-state index in [1.165, 1.54) is 24.3 Å². The Bertz CT molecular complexity index is 2320. The Morgan fingerprint density at radius 1 is 0.400 bits per heavy atom. The van der Waals surface area contributed by atoms with Gasteiger partial charge in [0.1, 0.15) is 17.3 Å². The van der Waals surface area contributed by atoms with E-state index in [2.05, 4.69) is 0 Å². The molecule has 6 aromatic carbocycles. The van der Waals surface area contributed by atoms with Crippen molar-refractivity contribution in [3.8, 4) is 11.5 Å². The van der Waals surface area contributed by atoms with Gasteiger partial charge in [0.25, 0.3) is 0 Å². The Labute approximate surface area is 377 Å². The van der Waals surface area contributed by atoms with Gasteiger partial charge in [0.15, 0.2) is 17.3 Å². The number of benzene rings is 6. The van der Waals surface area contributed by atoms with Gasteiger partial charge in [-0.1, -0.05) is 91.0 Å². The molecule has 12 heteroatoms. The highest BCUT2D eigenvalue weighted by Crippen LogP contribution is 2.21. The van der Waals surface area contributed by atoms with Gasteiger partial charge in [-0.15, -0.1) is 0 Å². The Hall–Kier alpha value is -7.73. The van der Waals surface area contributed by atoms with Crippen LogP contribution in [-0.2, 0) is 33.6 Å². The zero-order valence-electron chi connectivity index (χ0n) is 36.0. The molecule has 0 radical (unpaired) electrons. The number of carboxylic acids is 3. The van der Waals surface area contributed by atoms with Gasteiger partial charge in [0.2, 0.25) is 0 Å². The number of hydrogen-bond acceptors (Lipinski definition) is 8. The topological polar surface area (TPSA) is 182 Å². The molecule has 11 nitrogen and oxygen atoms in total.